The number of rotatable bonds is 7. The van der Waals surface area contributed by atoms with Gasteiger partial charge in [-0.05, 0) is 26.0 Å². The molecule has 0 saturated heterocycles. The van der Waals surface area contributed by atoms with Gasteiger partial charge >= 0.3 is 6.09 Å². The van der Waals surface area contributed by atoms with Crippen molar-refractivity contribution in [2.24, 2.45) is 5.73 Å². The first-order valence-corrected chi connectivity index (χ1v) is 11.6. The highest BCUT2D eigenvalue weighted by Crippen LogP contribution is 2.39. The van der Waals surface area contributed by atoms with E-state index in [0.29, 0.717) is 28.7 Å². The predicted octanol–water partition coefficient (Wildman–Crippen LogP) is 4.65. The Morgan fingerprint density at radius 2 is 2.18 bits per heavy atom. The number of halogens is 1. The monoisotopic (exact) mass is 486 g/mol. The van der Waals surface area contributed by atoms with Crippen LogP contribution in [0, 0.1) is 0 Å². The molecule has 2 amide bonds. The van der Waals surface area contributed by atoms with E-state index in [0.717, 1.165) is 22.0 Å². The fraction of sp³-hybridized carbons (Fsp3) is 0.261. The number of carbonyl (C=O) groups is 2. The second-order valence-corrected chi connectivity index (χ2v) is 8.86. The molecule has 1 aliphatic heterocycles. The Morgan fingerprint density at radius 1 is 1.39 bits per heavy atom. The number of carbonyl (C=O) groups excluding carboxylic acids is 2. The van der Waals surface area contributed by atoms with Gasteiger partial charge in [0.2, 0.25) is 0 Å². The molecule has 172 valence electrons. The fourth-order valence-corrected chi connectivity index (χ4v) is 4.83. The van der Waals surface area contributed by atoms with Gasteiger partial charge in [-0.2, -0.15) is 0 Å². The number of nitrogens with two attached hydrogens (primary N) is 1. The Bertz CT molecular complexity index is 1220. The van der Waals surface area contributed by atoms with Gasteiger partial charge in [0.05, 0.1) is 29.4 Å². The zero-order valence-electron chi connectivity index (χ0n) is 18.1. The van der Waals surface area contributed by atoms with E-state index in [9.17, 15) is 9.59 Å². The SMILES string of the molecule is CCOC(=O)NC1C=Cn2c(-c3cc(O[C@H](C)c4ccccc4Cl)c(C(N)=O)s3)cnc2C1. The molecule has 0 fully saturated rings. The third kappa shape index (κ3) is 4.89. The molecule has 1 aliphatic rings. The normalized spacial score (nSPS) is 15.5. The summed E-state index contributed by atoms with van der Waals surface area (Å²) in [6, 6.07) is 8.97. The minimum Gasteiger partial charge on any atom is -0.484 e. The summed E-state index contributed by atoms with van der Waals surface area (Å²) >= 11 is 7.53. The summed E-state index contributed by atoms with van der Waals surface area (Å²) in [5, 5.41) is 3.37. The number of hydrogen-bond acceptors (Lipinski definition) is 6. The quantitative estimate of drug-likeness (QED) is 0.505. The van der Waals surface area contributed by atoms with Gasteiger partial charge in [0.1, 0.15) is 22.6 Å². The number of imidazole rings is 1. The number of ether oxygens (including phenoxy) is 2. The molecule has 0 radical (unpaired) electrons. The predicted molar refractivity (Wildman–Crippen MR) is 128 cm³/mol. The van der Waals surface area contributed by atoms with Gasteiger partial charge in [-0.1, -0.05) is 29.8 Å². The van der Waals surface area contributed by atoms with Crippen LogP contribution >= 0.6 is 22.9 Å². The maximum atomic E-state index is 12.1. The van der Waals surface area contributed by atoms with Crippen LogP contribution in [0.1, 0.15) is 41.0 Å². The number of fused-ring (bicyclic) bond motifs is 1. The van der Waals surface area contributed by atoms with Crippen LogP contribution in [0.2, 0.25) is 5.02 Å². The number of aromatic nitrogens is 2. The largest absolute Gasteiger partial charge is 0.484 e. The van der Waals surface area contributed by atoms with Crippen molar-refractivity contribution in [2.45, 2.75) is 32.4 Å². The molecule has 2 aromatic heterocycles. The van der Waals surface area contributed by atoms with Gasteiger partial charge in [0.15, 0.2) is 0 Å². The third-order valence-corrected chi connectivity index (χ3v) is 6.64. The minimum absolute atomic E-state index is 0.216. The first-order chi connectivity index (χ1) is 15.9. The maximum absolute atomic E-state index is 12.1. The highest BCUT2D eigenvalue weighted by molar-refractivity contribution is 7.17. The summed E-state index contributed by atoms with van der Waals surface area (Å²) in [5.74, 6) is 0.600. The molecule has 3 heterocycles. The molecule has 3 aromatic rings. The average molecular weight is 487 g/mol. The van der Waals surface area contributed by atoms with E-state index in [1.807, 2.05) is 42.0 Å². The van der Waals surface area contributed by atoms with Crippen molar-refractivity contribution in [1.29, 1.82) is 0 Å². The Morgan fingerprint density at radius 3 is 2.91 bits per heavy atom. The standard InChI is InChI=1S/C23H23ClN4O4S/c1-3-31-23(30)27-14-8-9-28-17(12-26-20(28)10-14)19-11-18(21(33-19)22(25)29)32-13(2)15-6-4-5-7-16(15)24/h4-9,11-14H,3,10H2,1-2H3,(H2,25,29)(H,27,30)/t13-,14?/m1/s1. The Labute approximate surface area is 200 Å². The van der Waals surface area contributed by atoms with Gasteiger partial charge in [-0.15, -0.1) is 11.3 Å². The first-order valence-electron chi connectivity index (χ1n) is 10.4. The molecular formula is C23H23ClN4O4S. The van der Waals surface area contributed by atoms with Gasteiger partial charge < -0.3 is 25.1 Å². The maximum Gasteiger partial charge on any atom is 0.407 e. The van der Waals surface area contributed by atoms with Crippen LogP contribution in [0.4, 0.5) is 4.79 Å². The van der Waals surface area contributed by atoms with Crippen molar-refractivity contribution in [3.8, 4) is 16.3 Å². The van der Waals surface area contributed by atoms with Crippen LogP contribution in [0.15, 0.2) is 42.6 Å². The molecule has 33 heavy (non-hydrogen) atoms. The van der Waals surface area contributed by atoms with E-state index in [4.69, 9.17) is 26.8 Å². The second kappa shape index (κ2) is 9.68. The second-order valence-electron chi connectivity index (χ2n) is 7.40. The number of alkyl carbamates (subject to hydrolysis) is 1. The molecule has 2 atom stereocenters. The molecule has 0 saturated carbocycles. The van der Waals surface area contributed by atoms with E-state index in [1.165, 1.54) is 11.3 Å². The molecule has 3 N–H and O–H groups in total. The Balaban J connectivity index is 1.59. The van der Waals surface area contributed by atoms with E-state index >= 15 is 0 Å². The lowest BCUT2D eigenvalue weighted by Crippen LogP contribution is -2.37. The summed E-state index contributed by atoms with van der Waals surface area (Å²) in [7, 11) is 0. The third-order valence-electron chi connectivity index (χ3n) is 5.14. The fourth-order valence-electron chi connectivity index (χ4n) is 3.60. The lowest BCUT2D eigenvalue weighted by Gasteiger charge is -2.19. The van der Waals surface area contributed by atoms with Crippen molar-refractivity contribution in [3.05, 3.63) is 63.9 Å². The van der Waals surface area contributed by atoms with Crippen molar-refractivity contribution in [1.82, 2.24) is 14.9 Å². The zero-order chi connectivity index (χ0) is 23.5. The summed E-state index contributed by atoms with van der Waals surface area (Å²) in [5.41, 5.74) is 7.24. The average Bonchev–Trinajstić information content (AvgIpc) is 3.38. The highest BCUT2D eigenvalue weighted by atomic mass is 35.5. The van der Waals surface area contributed by atoms with E-state index in [1.54, 1.807) is 25.3 Å². The number of benzene rings is 1. The topological polar surface area (TPSA) is 108 Å². The molecule has 10 heteroatoms. The van der Waals surface area contributed by atoms with E-state index in [2.05, 4.69) is 10.3 Å². The van der Waals surface area contributed by atoms with Crippen molar-refractivity contribution < 1.29 is 19.1 Å². The Kier molecular flexibility index (Phi) is 6.71. The smallest absolute Gasteiger partial charge is 0.407 e. The Hall–Kier alpha value is -3.30. The number of hydrogen-bond donors (Lipinski definition) is 2. The first kappa shape index (κ1) is 22.9. The van der Waals surface area contributed by atoms with Gasteiger partial charge in [-0.3, -0.25) is 4.79 Å². The lowest BCUT2D eigenvalue weighted by atomic mass is 10.1. The van der Waals surface area contributed by atoms with E-state index < -0.39 is 12.0 Å². The number of primary amides is 1. The summed E-state index contributed by atoms with van der Waals surface area (Å²) in [6.07, 6.45) is 5.10. The number of nitrogens with one attached hydrogen (secondary N) is 1. The number of amides is 2. The lowest BCUT2D eigenvalue weighted by molar-refractivity contribution is 0.0998. The molecule has 1 aromatic carbocycles. The van der Waals surface area contributed by atoms with Crippen LogP contribution in [-0.2, 0) is 11.2 Å². The van der Waals surface area contributed by atoms with Crippen molar-refractivity contribution >= 4 is 41.1 Å². The zero-order valence-corrected chi connectivity index (χ0v) is 19.7. The summed E-state index contributed by atoms with van der Waals surface area (Å²) < 4.78 is 13.0. The van der Waals surface area contributed by atoms with Crippen LogP contribution in [0.3, 0.4) is 0 Å². The molecule has 4 rings (SSSR count). The van der Waals surface area contributed by atoms with Gasteiger partial charge in [0.25, 0.3) is 5.91 Å². The molecular weight excluding hydrogens is 464 g/mol. The molecule has 8 nitrogen and oxygen atoms in total. The molecule has 0 bridgehead atoms. The van der Waals surface area contributed by atoms with E-state index in [-0.39, 0.29) is 12.1 Å². The molecule has 1 unspecified atom stereocenters. The minimum atomic E-state index is -0.569. The van der Waals surface area contributed by atoms with Crippen LogP contribution in [0.5, 0.6) is 5.75 Å². The molecule has 0 aliphatic carbocycles. The molecule has 0 spiro atoms. The van der Waals surface area contributed by atoms with Crippen LogP contribution in [-0.4, -0.2) is 34.2 Å². The van der Waals surface area contributed by atoms with Crippen molar-refractivity contribution in [3.63, 3.8) is 0 Å². The number of nitrogens with zero attached hydrogens (tertiary/aromatic N) is 2. The summed E-state index contributed by atoms with van der Waals surface area (Å²) in [6.45, 7) is 3.92. The summed E-state index contributed by atoms with van der Waals surface area (Å²) in [4.78, 5) is 29.4. The van der Waals surface area contributed by atoms with Gasteiger partial charge in [0, 0.05) is 29.3 Å². The van der Waals surface area contributed by atoms with Crippen LogP contribution in [0.25, 0.3) is 16.8 Å². The van der Waals surface area contributed by atoms with Gasteiger partial charge in [-0.25, -0.2) is 9.78 Å². The number of thiophene rings is 1. The van der Waals surface area contributed by atoms with Crippen LogP contribution < -0.4 is 15.8 Å². The highest BCUT2D eigenvalue weighted by Gasteiger charge is 2.24. The van der Waals surface area contributed by atoms with Crippen molar-refractivity contribution in [2.75, 3.05) is 6.61 Å².